The highest BCUT2D eigenvalue weighted by molar-refractivity contribution is 7.19. The maximum atomic E-state index is 12.4. The van der Waals surface area contributed by atoms with Gasteiger partial charge in [0.1, 0.15) is 0 Å². The Morgan fingerprint density at radius 2 is 2.03 bits per heavy atom. The van der Waals surface area contributed by atoms with Gasteiger partial charge in [-0.25, -0.2) is 14.5 Å². The van der Waals surface area contributed by atoms with Gasteiger partial charge in [0.2, 0.25) is 0 Å². The third-order valence-corrected chi connectivity index (χ3v) is 7.04. The van der Waals surface area contributed by atoms with E-state index in [0.717, 1.165) is 45.9 Å². The van der Waals surface area contributed by atoms with E-state index in [9.17, 15) is 9.59 Å². The summed E-state index contributed by atoms with van der Waals surface area (Å²) in [6.45, 7) is 0. The molecule has 4 aromatic rings. The van der Waals surface area contributed by atoms with E-state index in [4.69, 9.17) is 16.7 Å². The van der Waals surface area contributed by atoms with E-state index in [1.54, 1.807) is 51.7 Å². The second-order valence-corrected chi connectivity index (χ2v) is 9.60. The number of anilines is 1. The fourth-order valence-corrected chi connectivity index (χ4v) is 5.39. The maximum absolute atomic E-state index is 12.4. The summed E-state index contributed by atoms with van der Waals surface area (Å²) in [6.07, 6.45) is 4.96. The van der Waals surface area contributed by atoms with Gasteiger partial charge in [-0.1, -0.05) is 22.9 Å². The molecule has 0 unspecified atom stereocenters. The second kappa shape index (κ2) is 9.12. The van der Waals surface area contributed by atoms with E-state index in [1.165, 1.54) is 16.2 Å². The molecule has 0 bridgehead atoms. The molecule has 0 atom stereocenters. The van der Waals surface area contributed by atoms with E-state index in [1.807, 2.05) is 16.8 Å². The van der Waals surface area contributed by atoms with Crippen LogP contribution in [0.15, 0.2) is 42.7 Å². The minimum absolute atomic E-state index is 0.133. The molecule has 0 radical (unpaired) electrons. The molecule has 35 heavy (non-hydrogen) atoms. The number of aromatic nitrogens is 4. The zero-order chi connectivity index (χ0) is 24.7. The van der Waals surface area contributed by atoms with Crippen LogP contribution < -0.4 is 10.6 Å². The summed E-state index contributed by atoms with van der Waals surface area (Å²) in [5.74, 6) is -0.133. The van der Waals surface area contributed by atoms with Crippen LogP contribution in [-0.4, -0.2) is 57.7 Å². The molecule has 178 valence electrons. The summed E-state index contributed by atoms with van der Waals surface area (Å²) in [7, 11) is 4.96. The van der Waals surface area contributed by atoms with Gasteiger partial charge in [-0.2, -0.15) is 5.10 Å². The number of pyridine rings is 1. The predicted molar refractivity (Wildman–Crippen MR) is 136 cm³/mol. The molecule has 0 saturated heterocycles. The number of nitrogens with zero attached hydrogens (tertiary/aromatic N) is 5. The number of halogens is 1. The van der Waals surface area contributed by atoms with Crippen molar-refractivity contribution in [3.05, 3.63) is 64.6 Å². The summed E-state index contributed by atoms with van der Waals surface area (Å²) < 4.78 is 1.81. The number of rotatable bonds is 4. The van der Waals surface area contributed by atoms with Gasteiger partial charge in [0.25, 0.3) is 5.91 Å². The molecule has 11 heteroatoms. The van der Waals surface area contributed by atoms with Crippen LogP contribution in [0.2, 0.25) is 5.02 Å². The highest BCUT2D eigenvalue weighted by Crippen LogP contribution is 2.44. The maximum Gasteiger partial charge on any atom is 0.320 e. The molecule has 1 aliphatic carbocycles. The van der Waals surface area contributed by atoms with Gasteiger partial charge in [-0.05, 0) is 43.2 Å². The number of nitrogens with one attached hydrogen (secondary N) is 2. The zero-order valence-electron chi connectivity index (χ0n) is 19.3. The molecule has 3 aromatic heterocycles. The molecule has 2 N–H and O–H groups in total. The number of fused-ring (bicyclic) bond motifs is 3. The average molecular weight is 508 g/mol. The van der Waals surface area contributed by atoms with E-state index >= 15 is 0 Å². The average Bonchev–Trinajstić information content (AvgIpc) is 3.44. The van der Waals surface area contributed by atoms with Crippen molar-refractivity contribution in [2.75, 3.05) is 26.5 Å². The molecule has 0 saturated carbocycles. The Morgan fingerprint density at radius 1 is 1.20 bits per heavy atom. The Morgan fingerprint density at radius 3 is 2.71 bits per heavy atom. The first kappa shape index (κ1) is 23.0. The predicted octanol–water partition coefficient (Wildman–Crippen LogP) is 4.26. The van der Waals surface area contributed by atoms with Gasteiger partial charge >= 0.3 is 6.03 Å². The van der Waals surface area contributed by atoms with E-state index in [2.05, 4.69) is 20.6 Å². The van der Waals surface area contributed by atoms with Crippen LogP contribution in [0.5, 0.6) is 0 Å². The first-order chi connectivity index (χ1) is 16.9. The van der Waals surface area contributed by atoms with Gasteiger partial charge in [0.15, 0.2) is 5.13 Å². The molecule has 0 fully saturated rings. The lowest BCUT2D eigenvalue weighted by Crippen LogP contribution is -2.24. The lowest BCUT2D eigenvalue weighted by Gasteiger charge is -2.16. The normalized spacial score (nSPS) is 12.0. The van der Waals surface area contributed by atoms with Crippen LogP contribution in [0.4, 0.5) is 9.93 Å². The minimum atomic E-state index is -0.329. The smallest absolute Gasteiger partial charge is 0.320 e. The summed E-state index contributed by atoms with van der Waals surface area (Å²) in [5, 5.41) is 11.2. The van der Waals surface area contributed by atoms with E-state index < -0.39 is 0 Å². The molecule has 1 aliphatic rings. The SMILES string of the molecule is CNC(=O)Nc1nc2c(s1)-c1c(c(-c3cccnc3)nn1-c1ccc(C(=O)N(C)C)cc1Cl)CC2. The third kappa shape index (κ3) is 4.15. The Kier molecular flexibility index (Phi) is 6.00. The van der Waals surface area contributed by atoms with Gasteiger partial charge in [0, 0.05) is 50.2 Å². The van der Waals surface area contributed by atoms with Crippen LogP contribution in [0.25, 0.3) is 27.5 Å². The summed E-state index contributed by atoms with van der Waals surface area (Å²) >= 11 is 8.10. The van der Waals surface area contributed by atoms with Crippen molar-refractivity contribution in [3.8, 4) is 27.5 Å². The molecule has 0 aliphatic heterocycles. The Labute approximate surface area is 210 Å². The Hall–Kier alpha value is -3.76. The number of carbonyl (C=O) groups is 2. The molecule has 3 heterocycles. The molecule has 0 spiro atoms. The number of urea groups is 1. The third-order valence-electron chi connectivity index (χ3n) is 5.72. The number of benzene rings is 1. The van der Waals surface area contributed by atoms with Crippen molar-refractivity contribution in [1.82, 2.24) is 30.0 Å². The van der Waals surface area contributed by atoms with E-state index in [0.29, 0.717) is 21.4 Å². The zero-order valence-corrected chi connectivity index (χ0v) is 20.9. The fourth-order valence-electron chi connectivity index (χ4n) is 4.06. The van der Waals surface area contributed by atoms with Crippen molar-refractivity contribution in [3.63, 3.8) is 0 Å². The van der Waals surface area contributed by atoms with Gasteiger partial charge < -0.3 is 10.2 Å². The van der Waals surface area contributed by atoms with Crippen molar-refractivity contribution in [1.29, 1.82) is 0 Å². The number of hydrogen-bond acceptors (Lipinski definition) is 6. The summed E-state index contributed by atoms with van der Waals surface area (Å²) in [4.78, 5) is 35.6. The Bertz CT molecular complexity index is 1450. The van der Waals surface area contributed by atoms with E-state index in [-0.39, 0.29) is 11.9 Å². The van der Waals surface area contributed by atoms with Crippen molar-refractivity contribution >= 4 is 40.0 Å². The highest BCUT2D eigenvalue weighted by Gasteiger charge is 2.30. The summed E-state index contributed by atoms with van der Waals surface area (Å²) in [6, 6.07) is 8.73. The van der Waals surface area contributed by atoms with Crippen LogP contribution in [0.3, 0.4) is 0 Å². The second-order valence-electron chi connectivity index (χ2n) is 8.19. The molecule has 5 rings (SSSR count). The number of aryl methyl sites for hydroxylation is 1. The molecular weight excluding hydrogens is 486 g/mol. The van der Waals surface area contributed by atoms with Crippen LogP contribution in [-0.2, 0) is 12.8 Å². The molecule has 9 nitrogen and oxygen atoms in total. The van der Waals surface area contributed by atoms with Gasteiger partial charge in [0.05, 0.1) is 32.7 Å². The number of amides is 3. The molecule has 1 aromatic carbocycles. The largest absolute Gasteiger partial charge is 0.345 e. The molecule has 3 amide bonds. The standard InChI is InChI=1S/C24H22ClN7O2S/c1-26-23(34)29-24-28-17-8-7-15-19(14-5-4-10-27-12-14)30-32(20(15)21(17)35-24)18-9-6-13(11-16(18)25)22(33)31(2)3/h4-6,9-12H,7-8H2,1-3H3,(H2,26,28,29,34). The number of carbonyl (C=O) groups excluding carboxylic acids is 2. The van der Waals surface area contributed by atoms with Crippen molar-refractivity contribution in [2.45, 2.75) is 12.8 Å². The lowest BCUT2D eigenvalue weighted by molar-refractivity contribution is 0.0827. The van der Waals surface area contributed by atoms with Gasteiger partial charge in [-0.3, -0.25) is 15.1 Å². The monoisotopic (exact) mass is 507 g/mol. The quantitative estimate of drug-likeness (QED) is 0.429. The highest BCUT2D eigenvalue weighted by atomic mass is 35.5. The number of thiazole rings is 1. The lowest BCUT2D eigenvalue weighted by atomic mass is 9.95. The number of hydrogen-bond donors (Lipinski definition) is 2. The fraction of sp³-hybridized carbons (Fsp3) is 0.208. The first-order valence-corrected chi connectivity index (χ1v) is 12.1. The van der Waals surface area contributed by atoms with Crippen LogP contribution >= 0.6 is 22.9 Å². The Balaban J connectivity index is 1.69. The van der Waals surface area contributed by atoms with Crippen molar-refractivity contribution in [2.24, 2.45) is 0 Å². The minimum Gasteiger partial charge on any atom is -0.345 e. The van der Waals surface area contributed by atoms with Crippen LogP contribution in [0.1, 0.15) is 21.6 Å². The topological polar surface area (TPSA) is 105 Å². The van der Waals surface area contributed by atoms with Crippen molar-refractivity contribution < 1.29 is 9.59 Å². The summed E-state index contributed by atoms with van der Waals surface area (Å²) in [5.41, 5.74) is 5.69. The van der Waals surface area contributed by atoms with Gasteiger partial charge in [-0.15, -0.1) is 0 Å². The first-order valence-electron chi connectivity index (χ1n) is 10.9. The van der Waals surface area contributed by atoms with Crippen LogP contribution in [0, 0.1) is 0 Å². The molecular formula is C24H22ClN7O2S.